The third-order valence-electron chi connectivity index (χ3n) is 2.21. The minimum atomic E-state index is -0.691. The molecule has 0 aliphatic carbocycles. The molecule has 0 atom stereocenters. The highest BCUT2D eigenvalue weighted by Gasteiger charge is 2.09. The molecule has 0 unspecified atom stereocenters. The van der Waals surface area contributed by atoms with Crippen LogP contribution in [0.15, 0.2) is 23.1 Å². The van der Waals surface area contributed by atoms with Gasteiger partial charge in [-0.1, -0.05) is 17.7 Å². The van der Waals surface area contributed by atoms with Crippen LogP contribution >= 0.6 is 11.8 Å². The lowest BCUT2D eigenvalue weighted by atomic mass is 10.2. The van der Waals surface area contributed by atoms with Crippen molar-refractivity contribution in [3.05, 3.63) is 29.3 Å². The first kappa shape index (κ1) is 14.6. The van der Waals surface area contributed by atoms with Crippen LogP contribution in [0.2, 0.25) is 0 Å². The van der Waals surface area contributed by atoms with Gasteiger partial charge in [0.1, 0.15) is 0 Å². The molecule has 0 spiro atoms. The van der Waals surface area contributed by atoms with Gasteiger partial charge in [-0.3, -0.25) is 10.1 Å². The van der Waals surface area contributed by atoms with E-state index in [1.165, 1.54) is 17.3 Å². The molecule has 0 bridgehead atoms. The van der Waals surface area contributed by atoms with Gasteiger partial charge in [0.2, 0.25) is 5.91 Å². The Morgan fingerprint density at radius 2 is 2.06 bits per heavy atom. The molecule has 4 nitrogen and oxygen atoms in total. The number of amides is 2. The Bertz CT molecular complexity index is 446. The maximum Gasteiger partial charge on any atom is 0.413 e. The van der Waals surface area contributed by atoms with Gasteiger partial charge < -0.3 is 4.74 Å². The molecule has 1 aromatic rings. The Morgan fingerprint density at radius 1 is 1.33 bits per heavy atom. The fourth-order valence-electron chi connectivity index (χ4n) is 1.42. The van der Waals surface area contributed by atoms with Gasteiger partial charge in [0.25, 0.3) is 0 Å². The highest BCUT2D eigenvalue weighted by atomic mass is 32.2. The van der Waals surface area contributed by atoms with Gasteiger partial charge >= 0.3 is 6.09 Å². The number of ether oxygens (including phenoxy) is 1. The number of carbonyl (C=O) groups is 2. The number of hydrogen-bond donors (Lipinski definition) is 1. The normalized spacial score (nSPS) is 9.94. The molecule has 1 rings (SSSR count). The topological polar surface area (TPSA) is 55.4 Å². The smallest absolute Gasteiger partial charge is 0.413 e. The van der Waals surface area contributed by atoms with Crippen LogP contribution in [-0.4, -0.2) is 24.4 Å². The summed E-state index contributed by atoms with van der Waals surface area (Å²) in [4.78, 5) is 23.5. The molecule has 1 N–H and O–H groups in total. The zero-order chi connectivity index (χ0) is 13.5. The summed E-state index contributed by atoms with van der Waals surface area (Å²) in [5, 5.41) is 2.16. The largest absolute Gasteiger partial charge is 0.450 e. The number of nitrogens with one attached hydrogen (secondary N) is 1. The van der Waals surface area contributed by atoms with Crippen molar-refractivity contribution in [2.24, 2.45) is 0 Å². The third kappa shape index (κ3) is 4.79. The quantitative estimate of drug-likeness (QED) is 0.852. The molecule has 2 amide bonds. The van der Waals surface area contributed by atoms with E-state index < -0.39 is 6.09 Å². The number of benzene rings is 1. The van der Waals surface area contributed by atoms with Gasteiger partial charge in [0.15, 0.2) is 0 Å². The van der Waals surface area contributed by atoms with Crippen molar-refractivity contribution in [1.82, 2.24) is 5.32 Å². The van der Waals surface area contributed by atoms with Gasteiger partial charge in [-0.2, -0.15) is 0 Å². The first-order valence-corrected chi connectivity index (χ1v) is 6.68. The van der Waals surface area contributed by atoms with E-state index in [4.69, 9.17) is 0 Å². The van der Waals surface area contributed by atoms with E-state index in [1.54, 1.807) is 6.92 Å². The molecular formula is C13H17NO3S. The maximum atomic E-state index is 11.4. The molecule has 0 radical (unpaired) electrons. The number of thioether (sulfide) groups is 1. The molecule has 98 valence electrons. The van der Waals surface area contributed by atoms with Crippen LogP contribution in [0.5, 0.6) is 0 Å². The number of hydrogen-bond acceptors (Lipinski definition) is 4. The average molecular weight is 267 g/mol. The zero-order valence-corrected chi connectivity index (χ0v) is 11.6. The van der Waals surface area contributed by atoms with E-state index in [9.17, 15) is 9.59 Å². The fraction of sp³-hybridized carbons (Fsp3) is 0.385. The second-order valence-electron chi connectivity index (χ2n) is 3.83. The van der Waals surface area contributed by atoms with Crippen LogP contribution in [0.3, 0.4) is 0 Å². The number of alkyl carbamates (subject to hydrolysis) is 1. The van der Waals surface area contributed by atoms with Crippen molar-refractivity contribution >= 4 is 23.8 Å². The molecule has 0 aliphatic rings. The number of imide groups is 1. The maximum absolute atomic E-state index is 11.4. The SMILES string of the molecule is CCOC(=O)NC(=O)CSc1ccc(C)cc1C. The molecule has 0 heterocycles. The van der Waals surface area contributed by atoms with Crippen molar-refractivity contribution in [3.8, 4) is 0 Å². The first-order chi connectivity index (χ1) is 8.52. The van der Waals surface area contributed by atoms with Crippen molar-refractivity contribution in [2.75, 3.05) is 12.4 Å². The molecule has 5 heteroatoms. The van der Waals surface area contributed by atoms with Crippen LogP contribution in [0.1, 0.15) is 18.1 Å². The summed E-state index contributed by atoms with van der Waals surface area (Å²) in [7, 11) is 0. The van der Waals surface area contributed by atoms with E-state index in [1.807, 2.05) is 26.0 Å². The fourth-order valence-corrected chi connectivity index (χ4v) is 2.23. The number of rotatable bonds is 4. The van der Waals surface area contributed by atoms with E-state index in [2.05, 4.69) is 16.1 Å². The second-order valence-corrected chi connectivity index (χ2v) is 4.84. The molecule has 0 saturated carbocycles. The van der Waals surface area contributed by atoms with Gasteiger partial charge in [-0.15, -0.1) is 11.8 Å². The molecule has 0 fully saturated rings. The summed E-state index contributed by atoms with van der Waals surface area (Å²) in [6.07, 6.45) is -0.691. The minimum Gasteiger partial charge on any atom is -0.450 e. The molecule has 0 aromatic heterocycles. The summed E-state index contributed by atoms with van der Waals surface area (Å²) in [5.41, 5.74) is 2.32. The van der Waals surface area contributed by atoms with Crippen molar-refractivity contribution in [1.29, 1.82) is 0 Å². The van der Waals surface area contributed by atoms with Crippen LogP contribution < -0.4 is 5.32 Å². The molecule has 1 aromatic carbocycles. The summed E-state index contributed by atoms with van der Waals surface area (Å²) in [6, 6.07) is 6.04. The molecular weight excluding hydrogens is 250 g/mol. The van der Waals surface area contributed by atoms with Crippen molar-refractivity contribution in [3.63, 3.8) is 0 Å². The zero-order valence-electron chi connectivity index (χ0n) is 10.8. The Kier molecular flexibility index (Phi) is 5.71. The van der Waals surface area contributed by atoms with E-state index >= 15 is 0 Å². The van der Waals surface area contributed by atoms with E-state index in [0.717, 1.165) is 10.5 Å². The van der Waals surface area contributed by atoms with Crippen molar-refractivity contribution < 1.29 is 14.3 Å². The third-order valence-corrected chi connectivity index (χ3v) is 3.38. The lowest BCUT2D eigenvalue weighted by Gasteiger charge is -2.07. The average Bonchev–Trinajstić information content (AvgIpc) is 2.28. The second kappa shape index (κ2) is 7.06. The van der Waals surface area contributed by atoms with E-state index in [0.29, 0.717) is 0 Å². The highest BCUT2D eigenvalue weighted by molar-refractivity contribution is 8.00. The van der Waals surface area contributed by atoms with Gasteiger partial charge in [0, 0.05) is 4.90 Å². The van der Waals surface area contributed by atoms with Crippen LogP contribution in [0.4, 0.5) is 4.79 Å². The molecule has 18 heavy (non-hydrogen) atoms. The van der Waals surface area contributed by atoms with Crippen LogP contribution in [0, 0.1) is 13.8 Å². The van der Waals surface area contributed by atoms with Gasteiger partial charge in [-0.25, -0.2) is 4.79 Å². The van der Waals surface area contributed by atoms with Crippen LogP contribution in [-0.2, 0) is 9.53 Å². The minimum absolute atomic E-state index is 0.197. The lowest BCUT2D eigenvalue weighted by molar-refractivity contribution is -0.117. The van der Waals surface area contributed by atoms with E-state index in [-0.39, 0.29) is 18.3 Å². The Labute approximate surface area is 111 Å². The first-order valence-electron chi connectivity index (χ1n) is 5.69. The summed E-state index contributed by atoms with van der Waals surface area (Å²) < 4.78 is 4.62. The number of aryl methyl sites for hydroxylation is 2. The predicted molar refractivity (Wildman–Crippen MR) is 71.8 cm³/mol. The monoisotopic (exact) mass is 267 g/mol. The summed E-state index contributed by atoms with van der Waals surface area (Å²) >= 11 is 1.40. The predicted octanol–water partition coefficient (Wildman–Crippen LogP) is 2.67. The summed E-state index contributed by atoms with van der Waals surface area (Å²) in [5.74, 6) is -0.152. The van der Waals surface area contributed by atoms with Gasteiger partial charge in [0.05, 0.1) is 12.4 Å². The standard InChI is InChI=1S/C13H17NO3S/c1-4-17-13(16)14-12(15)8-18-11-6-5-9(2)7-10(11)3/h5-7H,4,8H2,1-3H3,(H,14,15,16). The molecule has 0 aliphatic heterocycles. The Hall–Kier alpha value is -1.49. The molecule has 0 saturated heterocycles. The van der Waals surface area contributed by atoms with Crippen LogP contribution in [0.25, 0.3) is 0 Å². The van der Waals surface area contributed by atoms with Gasteiger partial charge in [-0.05, 0) is 32.4 Å². The number of carbonyl (C=O) groups excluding carboxylic acids is 2. The summed E-state index contributed by atoms with van der Waals surface area (Å²) in [6.45, 7) is 5.96. The highest BCUT2D eigenvalue weighted by Crippen LogP contribution is 2.22. The Morgan fingerprint density at radius 3 is 2.67 bits per heavy atom. The van der Waals surface area contributed by atoms with Crippen molar-refractivity contribution in [2.45, 2.75) is 25.7 Å². The Balaban J connectivity index is 2.45. The lowest BCUT2D eigenvalue weighted by Crippen LogP contribution is -2.32.